The molecule has 2 saturated heterocycles. The molecule has 2 rings (SSSR count). The van der Waals surface area contributed by atoms with Gasteiger partial charge >= 0.3 is 0 Å². The van der Waals surface area contributed by atoms with Crippen LogP contribution in [0.1, 0.15) is 137 Å². The number of unbranched alkanes of at least 4 members (excludes halogenated alkanes) is 5. The van der Waals surface area contributed by atoms with E-state index < -0.39 is 0 Å². The van der Waals surface area contributed by atoms with Crippen molar-refractivity contribution in [3.63, 3.8) is 0 Å². The summed E-state index contributed by atoms with van der Waals surface area (Å²) in [4.78, 5) is 18.1. The van der Waals surface area contributed by atoms with Gasteiger partial charge in [0.2, 0.25) is 5.91 Å². The van der Waals surface area contributed by atoms with E-state index in [1.54, 1.807) is 0 Å². The Kier molecular flexibility index (Phi) is 13.9. The second kappa shape index (κ2) is 16.1. The number of amides is 1. The molecule has 0 aromatic carbocycles. The fraction of sp³-hybridized carbons (Fsp3) is 0.966. The summed E-state index contributed by atoms with van der Waals surface area (Å²) in [6, 6.07) is 1.26. The fourth-order valence-corrected chi connectivity index (χ4v) is 6.19. The van der Waals surface area contributed by atoms with Crippen molar-refractivity contribution >= 4 is 5.91 Å². The predicted octanol–water partition coefficient (Wildman–Crippen LogP) is 7.83. The monoisotopic (exact) mass is 448 g/mol. The van der Waals surface area contributed by atoms with Crippen LogP contribution in [0.25, 0.3) is 0 Å². The number of fused-ring (bicyclic) bond motifs is 2. The smallest absolute Gasteiger partial charge is 0.222 e. The molecule has 3 heteroatoms. The van der Waals surface area contributed by atoms with Crippen molar-refractivity contribution in [3.05, 3.63) is 0 Å². The molecule has 2 fully saturated rings. The molecule has 0 aromatic rings. The van der Waals surface area contributed by atoms with E-state index in [9.17, 15) is 4.79 Å². The van der Waals surface area contributed by atoms with Crippen molar-refractivity contribution in [2.24, 2.45) is 11.8 Å². The number of piperazine rings is 1. The van der Waals surface area contributed by atoms with Crippen molar-refractivity contribution in [3.8, 4) is 0 Å². The van der Waals surface area contributed by atoms with Gasteiger partial charge in [0.25, 0.3) is 0 Å². The predicted molar refractivity (Wildman–Crippen MR) is 139 cm³/mol. The third-order valence-electron chi connectivity index (χ3n) is 8.43. The van der Waals surface area contributed by atoms with Crippen LogP contribution in [0.5, 0.6) is 0 Å². The van der Waals surface area contributed by atoms with Crippen LogP contribution >= 0.6 is 0 Å². The molecule has 0 radical (unpaired) electrons. The maximum absolute atomic E-state index is 13.0. The highest BCUT2D eigenvalue weighted by molar-refractivity contribution is 5.76. The Morgan fingerprint density at radius 3 is 1.84 bits per heavy atom. The summed E-state index contributed by atoms with van der Waals surface area (Å²) in [6.45, 7) is 12.5. The van der Waals surface area contributed by atoms with Gasteiger partial charge in [0.05, 0.1) is 0 Å². The van der Waals surface area contributed by atoms with Gasteiger partial charge < -0.3 is 4.90 Å². The van der Waals surface area contributed by atoms with Gasteiger partial charge in [-0.2, -0.15) is 0 Å². The van der Waals surface area contributed by atoms with Crippen molar-refractivity contribution in [1.29, 1.82) is 0 Å². The Bertz CT molecular complexity index is 472. The van der Waals surface area contributed by atoms with Crippen LogP contribution in [-0.2, 0) is 4.79 Å². The molecule has 2 bridgehead atoms. The summed E-state index contributed by atoms with van der Waals surface area (Å²) in [6.07, 6.45) is 22.0. The van der Waals surface area contributed by atoms with Crippen LogP contribution in [0.3, 0.4) is 0 Å². The van der Waals surface area contributed by atoms with E-state index in [-0.39, 0.29) is 0 Å². The number of rotatable bonds is 18. The van der Waals surface area contributed by atoms with Gasteiger partial charge in [-0.3, -0.25) is 9.69 Å². The van der Waals surface area contributed by atoms with Gasteiger partial charge in [-0.25, -0.2) is 0 Å². The largest absolute Gasteiger partial charge is 0.340 e. The van der Waals surface area contributed by atoms with Crippen LogP contribution in [0.15, 0.2) is 0 Å². The molecular weight excluding hydrogens is 392 g/mol. The van der Waals surface area contributed by atoms with Crippen molar-refractivity contribution in [1.82, 2.24) is 9.80 Å². The van der Waals surface area contributed by atoms with Crippen molar-refractivity contribution < 1.29 is 4.79 Å². The standard InChI is InChI=1S/C29H56N2O/c1-5-9-12-13-17-25(8-4)22-31-27-20-21-28(31)24-30(23-27)29(32)19-14-18-26(15-10-6-2)16-11-7-3/h25-28H,5-24H2,1-4H3/t25?,27-,28+. The highest BCUT2D eigenvalue weighted by Crippen LogP contribution is 2.33. The lowest BCUT2D eigenvalue weighted by Crippen LogP contribution is -2.56. The third-order valence-corrected chi connectivity index (χ3v) is 8.43. The van der Waals surface area contributed by atoms with Crippen LogP contribution in [0, 0.1) is 11.8 Å². The SMILES string of the molecule is CCCCCCC(CC)CN1[C@@H]2CC[C@H]1CN(C(=O)CCCC(CCCC)CCCC)C2. The maximum atomic E-state index is 13.0. The van der Waals surface area contributed by atoms with E-state index in [1.807, 2.05) is 0 Å². The van der Waals surface area contributed by atoms with E-state index in [4.69, 9.17) is 0 Å². The normalized spacial score (nSPS) is 22.1. The second-order valence-corrected chi connectivity index (χ2v) is 11.0. The summed E-state index contributed by atoms with van der Waals surface area (Å²) < 4.78 is 0. The number of nitrogens with zero attached hydrogens (tertiary/aromatic N) is 2. The van der Waals surface area contributed by atoms with Gasteiger partial charge in [-0.05, 0) is 43.9 Å². The van der Waals surface area contributed by atoms with Gasteiger partial charge in [-0.1, -0.05) is 98.3 Å². The zero-order valence-corrected chi connectivity index (χ0v) is 22.3. The van der Waals surface area contributed by atoms with Crippen LogP contribution in [-0.4, -0.2) is 47.4 Å². The Morgan fingerprint density at radius 2 is 1.28 bits per heavy atom. The Morgan fingerprint density at radius 1 is 0.719 bits per heavy atom. The molecule has 32 heavy (non-hydrogen) atoms. The zero-order chi connectivity index (χ0) is 23.2. The first kappa shape index (κ1) is 27.7. The molecular formula is C29H56N2O. The molecule has 2 aliphatic rings. The fourth-order valence-electron chi connectivity index (χ4n) is 6.19. The summed E-state index contributed by atoms with van der Waals surface area (Å²) in [7, 11) is 0. The second-order valence-electron chi connectivity index (χ2n) is 11.0. The van der Waals surface area contributed by atoms with E-state index >= 15 is 0 Å². The number of carbonyl (C=O) groups is 1. The molecule has 1 unspecified atom stereocenters. The molecule has 2 aliphatic heterocycles. The van der Waals surface area contributed by atoms with Crippen LogP contribution in [0.2, 0.25) is 0 Å². The number of likely N-dealkylation sites (tertiary alicyclic amines) is 1. The summed E-state index contributed by atoms with van der Waals surface area (Å²) in [5.74, 6) is 2.14. The quantitative estimate of drug-likeness (QED) is 0.199. The molecule has 3 nitrogen and oxygen atoms in total. The van der Waals surface area contributed by atoms with E-state index in [1.165, 1.54) is 103 Å². The minimum atomic E-state index is 0.442. The highest BCUT2D eigenvalue weighted by atomic mass is 16.2. The Balaban J connectivity index is 1.74. The molecule has 0 spiro atoms. The first-order valence-corrected chi connectivity index (χ1v) is 14.7. The van der Waals surface area contributed by atoms with Crippen molar-refractivity contribution in [2.45, 2.75) is 149 Å². The minimum Gasteiger partial charge on any atom is -0.340 e. The number of hydrogen-bond acceptors (Lipinski definition) is 2. The molecule has 0 N–H and O–H groups in total. The molecule has 188 valence electrons. The minimum absolute atomic E-state index is 0.442. The first-order chi connectivity index (χ1) is 15.6. The lowest BCUT2D eigenvalue weighted by Gasteiger charge is -2.42. The number of hydrogen-bond donors (Lipinski definition) is 0. The van der Waals surface area contributed by atoms with Crippen LogP contribution in [0.4, 0.5) is 0 Å². The lowest BCUT2D eigenvalue weighted by atomic mass is 9.91. The van der Waals surface area contributed by atoms with E-state index in [0.717, 1.165) is 37.8 Å². The Hall–Kier alpha value is -0.570. The first-order valence-electron chi connectivity index (χ1n) is 14.7. The highest BCUT2D eigenvalue weighted by Gasteiger charge is 2.41. The van der Waals surface area contributed by atoms with E-state index in [2.05, 4.69) is 37.5 Å². The average Bonchev–Trinajstić information content (AvgIpc) is 3.02. The van der Waals surface area contributed by atoms with Gasteiger partial charge in [0.15, 0.2) is 0 Å². The Labute approximate surface area is 201 Å². The maximum Gasteiger partial charge on any atom is 0.222 e. The molecule has 3 atom stereocenters. The van der Waals surface area contributed by atoms with Gasteiger partial charge in [0.1, 0.15) is 0 Å². The summed E-state index contributed by atoms with van der Waals surface area (Å²) in [5, 5.41) is 0. The molecule has 0 aromatic heterocycles. The average molecular weight is 449 g/mol. The molecule has 2 heterocycles. The van der Waals surface area contributed by atoms with Crippen molar-refractivity contribution in [2.75, 3.05) is 19.6 Å². The molecule has 1 amide bonds. The van der Waals surface area contributed by atoms with Gasteiger partial charge in [0, 0.05) is 38.1 Å². The van der Waals surface area contributed by atoms with Gasteiger partial charge in [-0.15, -0.1) is 0 Å². The number of carbonyl (C=O) groups excluding carboxylic acids is 1. The summed E-state index contributed by atoms with van der Waals surface area (Å²) in [5.41, 5.74) is 0. The molecule has 0 saturated carbocycles. The zero-order valence-electron chi connectivity index (χ0n) is 22.3. The topological polar surface area (TPSA) is 23.6 Å². The molecule has 0 aliphatic carbocycles. The third kappa shape index (κ3) is 9.35. The van der Waals surface area contributed by atoms with E-state index in [0.29, 0.717) is 18.0 Å². The lowest BCUT2D eigenvalue weighted by molar-refractivity contribution is -0.135. The van der Waals surface area contributed by atoms with Crippen LogP contribution < -0.4 is 0 Å². The summed E-state index contributed by atoms with van der Waals surface area (Å²) >= 11 is 0.